The molecule has 2 aliphatic rings. The van der Waals surface area contributed by atoms with Crippen molar-refractivity contribution in [2.45, 2.75) is 63.2 Å². The summed E-state index contributed by atoms with van der Waals surface area (Å²) in [7, 11) is 0. The smallest absolute Gasteiger partial charge is 0.243 e. The average Bonchev–Trinajstić information content (AvgIpc) is 3.09. The third-order valence-corrected chi connectivity index (χ3v) is 8.40. The summed E-state index contributed by atoms with van der Waals surface area (Å²) in [6.07, 6.45) is 1.03. The maximum absolute atomic E-state index is 15.6. The Hall–Kier alpha value is -2.75. The van der Waals surface area contributed by atoms with Gasteiger partial charge in [0.05, 0.1) is 16.6 Å². The lowest BCUT2D eigenvalue weighted by Gasteiger charge is -2.36. The molecule has 2 heterocycles. The second kappa shape index (κ2) is 10.8. The molecule has 0 spiro atoms. The van der Waals surface area contributed by atoms with Crippen molar-refractivity contribution in [3.63, 3.8) is 0 Å². The van der Waals surface area contributed by atoms with Crippen molar-refractivity contribution in [1.82, 2.24) is 15.1 Å². The molecular formula is C27H30Cl2F2N4O3. The lowest BCUT2D eigenvalue weighted by Crippen LogP contribution is -2.53. The molecule has 4 atom stereocenters. The predicted octanol–water partition coefficient (Wildman–Crippen LogP) is 3.96. The van der Waals surface area contributed by atoms with Gasteiger partial charge in [-0.3, -0.25) is 14.4 Å². The Bertz CT molecular complexity index is 1270. The van der Waals surface area contributed by atoms with Crippen LogP contribution in [0, 0.1) is 11.6 Å². The minimum atomic E-state index is -1.72. The summed E-state index contributed by atoms with van der Waals surface area (Å²) in [5, 5.41) is 2.93. The third-order valence-electron chi connectivity index (χ3n) is 7.87. The zero-order valence-electron chi connectivity index (χ0n) is 21.3. The van der Waals surface area contributed by atoms with E-state index in [0.29, 0.717) is 25.9 Å². The Balaban J connectivity index is 1.83. The Kier molecular flexibility index (Phi) is 8.02. The van der Waals surface area contributed by atoms with Gasteiger partial charge in [0.25, 0.3) is 0 Å². The van der Waals surface area contributed by atoms with Crippen LogP contribution >= 0.6 is 23.2 Å². The first-order valence-electron chi connectivity index (χ1n) is 12.4. The van der Waals surface area contributed by atoms with E-state index in [2.05, 4.69) is 5.32 Å². The van der Waals surface area contributed by atoms with Crippen LogP contribution in [-0.2, 0) is 19.9 Å². The van der Waals surface area contributed by atoms with Crippen molar-refractivity contribution >= 4 is 40.9 Å². The van der Waals surface area contributed by atoms with E-state index in [0.717, 1.165) is 6.07 Å². The van der Waals surface area contributed by atoms with Gasteiger partial charge in [-0.25, -0.2) is 8.78 Å². The SMILES string of the molecule is CC(=O)N1CCC(NC(=O)[C@H]2[C@H](c3cccc(Cl)c3F)[C@@](N)(c3ccc(Cl)cc3F)[C@H](C)N2C(C)=O)CC1. The molecule has 2 aromatic rings. The molecule has 0 bridgehead atoms. The maximum atomic E-state index is 15.6. The summed E-state index contributed by atoms with van der Waals surface area (Å²) in [6.45, 7) is 5.34. The van der Waals surface area contributed by atoms with Gasteiger partial charge in [0.15, 0.2) is 0 Å². The van der Waals surface area contributed by atoms with Crippen molar-refractivity contribution in [3.05, 3.63) is 69.2 Å². The number of carbonyl (C=O) groups is 3. The highest BCUT2D eigenvalue weighted by Gasteiger charge is 2.61. The fourth-order valence-corrected chi connectivity index (χ4v) is 6.29. The molecule has 204 valence electrons. The lowest BCUT2D eigenvalue weighted by atomic mass is 9.71. The summed E-state index contributed by atoms with van der Waals surface area (Å²) >= 11 is 12.1. The van der Waals surface area contributed by atoms with E-state index < -0.39 is 47.0 Å². The number of halogens is 4. The molecule has 38 heavy (non-hydrogen) atoms. The fourth-order valence-electron chi connectivity index (χ4n) is 5.95. The van der Waals surface area contributed by atoms with E-state index in [9.17, 15) is 14.4 Å². The number of likely N-dealkylation sites (tertiary alicyclic amines) is 2. The number of hydrogen-bond donors (Lipinski definition) is 2. The van der Waals surface area contributed by atoms with E-state index >= 15 is 8.78 Å². The van der Waals surface area contributed by atoms with Crippen LogP contribution in [0.25, 0.3) is 0 Å². The number of nitrogens with two attached hydrogens (primary N) is 1. The molecule has 4 rings (SSSR count). The van der Waals surface area contributed by atoms with Crippen LogP contribution in [0.2, 0.25) is 10.0 Å². The Morgan fingerprint density at radius 2 is 1.71 bits per heavy atom. The van der Waals surface area contributed by atoms with Crippen LogP contribution in [0.3, 0.4) is 0 Å². The van der Waals surface area contributed by atoms with Gasteiger partial charge in [-0.15, -0.1) is 0 Å². The van der Waals surface area contributed by atoms with E-state index in [1.54, 1.807) is 11.8 Å². The van der Waals surface area contributed by atoms with Crippen molar-refractivity contribution in [3.8, 4) is 0 Å². The van der Waals surface area contributed by atoms with Crippen LogP contribution in [0.5, 0.6) is 0 Å². The molecule has 11 heteroatoms. The van der Waals surface area contributed by atoms with Gasteiger partial charge < -0.3 is 20.9 Å². The number of nitrogens with zero attached hydrogens (tertiary/aromatic N) is 2. The monoisotopic (exact) mass is 566 g/mol. The zero-order chi connectivity index (χ0) is 27.9. The van der Waals surface area contributed by atoms with E-state index in [1.807, 2.05) is 0 Å². The van der Waals surface area contributed by atoms with Gasteiger partial charge in [-0.2, -0.15) is 0 Å². The molecule has 3 amide bonds. The molecule has 3 N–H and O–H groups in total. The summed E-state index contributed by atoms with van der Waals surface area (Å²) < 4.78 is 31.0. The Morgan fingerprint density at radius 1 is 1.05 bits per heavy atom. The quantitative estimate of drug-likeness (QED) is 0.585. The predicted molar refractivity (Wildman–Crippen MR) is 141 cm³/mol. The second-order valence-electron chi connectivity index (χ2n) is 10.0. The molecule has 0 saturated carbocycles. The van der Waals surface area contributed by atoms with E-state index in [-0.39, 0.29) is 33.1 Å². The van der Waals surface area contributed by atoms with Crippen molar-refractivity contribution in [2.75, 3.05) is 13.1 Å². The van der Waals surface area contributed by atoms with Gasteiger partial charge in [0.2, 0.25) is 17.7 Å². The minimum absolute atomic E-state index is 0.00324. The first-order chi connectivity index (χ1) is 17.9. The van der Waals surface area contributed by atoms with Crippen molar-refractivity contribution < 1.29 is 23.2 Å². The highest BCUT2D eigenvalue weighted by molar-refractivity contribution is 6.31. The number of nitrogens with one attached hydrogen (secondary N) is 1. The fraction of sp³-hybridized carbons (Fsp3) is 0.444. The maximum Gasteiger partial charge on any atom is 0.243 e. The van der Waals surface area contributed by atoms with E-state index in [4.69, 9.17) is 28.9 Å². The summed E-state index contributed by atoms with van der Waals surface area (Å²) in [6, 6.07) is 5.85. The molecule has 0 radical (unpaired) electrons. The number of carbonyl (C=O) groups excluding carboxylic acids is 3. The van der Waals surface area contributed by atoms with Crippen LogP contribution in [-0.4, -0.2) is 58.7 Å². The third kappa shape index (κ3) is 4.87. The molecule has 2 fully saturated rings. The number of piperidine rings is 1. The Labute approximate surface area is 230 Å². The van der Waals surface area contributed by atoms with Crippen LogP contribution in [0.1, 0.15) is 50.7 Å². The molecular weight excluding hydrogens is 537 g/mol. The topological polar surface area (TPSA) is 95.7 Å². The Morgan fingerprint density at radius 3 is 2.29 bits per heavy atom. The zero-order valence-corrected chi connectivity index (χ0v) is 22.8. The lowest BCUT2D eigenvalue weighted by molar-refractivity contribution is -0.139. The highest BCUT2D eigenvalue weighted by Crippen LogP contribution is 2.51. The van der Waals surface area contributed by atoms with Crippen molar-refractivity contribution in [2.24, 2.45) is 5.73 Å². The molecule has 2 aromatic carbocycles. The normalized spacial score (nSPS) is 25.9. The minimum Gasteiger partial charge on any atom is -0.351 e. The molecule has 0 aromatic heterocycles. The summed E-state index contributed by atoms with van der Waals surface area (Å²) in [4.78, 5) is 41.6. The molecule has 2 aliphatic heterocycles. The largest absolute Gasteiger partial charge is 0.351 e. The van der Waals surface area contributed by atoms with Gasteiger partial charge in [-0.05, 0) is 43.5 Å². The van der Waals surface area contributed by atoms with Crippen LogP contribution < -0.4 is 11.1 Å². The van der Waals surface area contributed by atoms with Gasteiger partial charge in [0.1, 0.15) is 17.7 Å². The first-order valence-corrected chi connectivity index (χ1v) is 13.2. The highest BCUT2D eigenvalue weighted by atomic mass is 35.5. The summed E-state index contributed by atoms with van der Waals surface area (Å²) in [5.74, 6) is -3.78. The first kappa shape index (κ1) is 28.3. The molecule has 7 nitrogen and oxygen atoms in total. The number of amides is 3. The standard InChI is InChI=1S/C27H30Cl2F2N4O3/c1-14-27(32,20-8-7-17(28)13-22(20)30)23(19-5-4-6-21(29)24(19)31)25(35(14)16(3)37)26(38)33-18-9-11-34(12-10-18)15(2)36/h4-8,13-14,18,23,25H,9-12,32H2,1-3H3,(H,33,38)/t14-,23-,25+,27-/m0/s1. The number of benzene rings is 2. The molecule has 0 unspecified atom stereocenters. The molecule has 0 aliphatic carbocycles. The van der Waals surface area contributed by atoms with Crippen LogP contribution in [0.4, 0.5) is 8.78 Å². The average molecular weight is 567 g/mol. The van der Waals surface area contributed by atoms with Gasteiger partial charge >= 0.3 is 0 Å². The van der Waals surface area contributed by atoms with E-state index in [1.165, 1.54) is 49.1 Å². The van der Waals surface area contributed by atoms with Crippen molar-refractivity contribution in [1.29, 1.82) is 0 Å². The molecule has 2 saturated heterocycles. The van der Waals surface area contributed by atoms with Gasteiger partial charge in [0, 0.05) is 49.5 Å². The van der Waals surface area contributed by atoms with Crippen LogP contribution in [0.15, 0.2) is 36.4 Å². The summed E-state index contributed by atoms with van der Waals surface area (Å²) in [5.41, 5.74) is 5.28. The second-order valence-corrected chi connectivity index (χ2v) is 10.9. The van der Waals surface area contributed by atoms with Gasteiger partial charge in [-0.1, -0.05) is 41.4 Å². The number of rotatable bonds is 4. The number of hydrogen-bond acceptors (Lipinski definition) is 4.